The summed E-state index contributed by atoms with van der Waals surface area (Å²) in [4.78, 5) is 35.7. The second-order valence-electron chi connectivity index (χ2n) is 20.3. The Balaban J connectivity index is 4.21. The van der Waals surface area contributed by atoms with E-state index in [9.17, 15) is 19.0 Å². The fourth-order valence-corrected chi connectivity index (χ4v) is 8.54. The van der Waals surface area contributed by atoms with Gasteiger partial charge in [-0.3, -0.25) is 18.6 Å². The average Bonchev–Trinajstić information content (AvgIpc) is 3.32. The Labute approximate surface area is 431 Å². The molecule has 0 aliphatic heterocycles. The zero-order valence-electron chi connectivity index (χ0n) is 46.0. The summed E-state index contributed by atoms with van der Waals surface area (Å²) in [6, 6.07) is 0. The molecule has 0 aromatic rings. The lowest BCUT2D eigenvalue weighted by Gasteiger charge is -2.24. The number of nitrogens with zero attached hydrogens (tertiary/aromatic N) is 1. The number of carbonyl (C=O) groups is 2. The molecule has 0 aliphatic carbocycles. The number of quaternary nitrogens is 1. The third-order valence-corrected chi connectivity index (χ3v) is 13.2. The Kier molecular flexibility index (Phi) is 49.5. The van der Waals surface area contributed by atoms with Gasteiger partial charge >= 0.3 is 19.8 Å². The van der Waals surface area contributed by atoms with Crippen LogP contribution in [0.3, 0.4) is 0 Å². The third-order valence-electron chi connectivity index (χ3n) is 12.2. The maximum atomic E-state index is 12.8. The van der Waals surface area contributed by atoms with Crippen molar-refractivity contribution in [2.45, 2.75) is 251 Å². The zero-order valence-corrected chi connectivity index (χ0v) is 46.9. The van der Waals surface area contributed by atoms with Gasteiger partial charge in [-0.25, -0.2) is 4.57 Å². The molecule has 10 heteroatoms. The maximum Gasteiger partial charge on any atom is 0.472 e. The number of esters is 2. The SMILES string of the molecule is CC/C=C\C/C=C\C/C=C\C/C=C\C/C=C\CCCCCCCCCC(=O)OC(COC(=O)CCCCCCCCCCCCC/C=C\CCCCCCCCCC)COP(=O)(O)OCC[N+](C)(C)C. The summed E-state index contributed by atoms with van der Waals surface area (Å²) >= 11 is 0. The number of unbranched alkanes of at least 4 members (excludes halogenated alkanes) is 26. The molecule has 2 atom stereocenters. The minimum absolute atomic E-state index is 0.0265. The van der Waals surface area contributed by atoms with E-state index in [0.717, 1.165) is 77.0 Å². The number of likely N-dealkylation sites (N-methyl/N-ethyl adjacent to an activating group) is 1. The minimum atomic E-state index is -4.39. The molecule has 0 rings (SSSR count). The molecule has 0 saturated carbocycles. The lowest BCUT2D eigenvalue weighted by Crippen LogP contribution is -2.37. The Hall–Kier alpha value is -2.55. The van der Waals surface area contributed by atoms with Crippen molar-refractivity contribution in [2.75, 3.05) is 47.5 Å². The zero-order chi connectivity index (χ0) is 51.3. The van der Waals surface area contributed by atoms with E-state index in [4.69, 9.17) is 18.5 Å². The molecule has 0 radical (unpaired) electrons. The molecule has 0 amide bonds. The molecule has 0 bridgehead atoms. The highest BCUT2D eigenvalue weighted by molar-refractivity contribution is 7.47. The van der Waals surface area contributed by atoms with Crippen LogP contribution in [0.1, 0.15) is 245 Å². The van der Waals surface area contributed by atoms with Gasteiger partial charge < -0.3 is 18.9 Å². The highest BCUT2D eigenvalue weighted by Crippen LogP contribution is 2.43. The van der Waals surface area contributed by atoms with E-state index in [0.29, 0.717) is 17.4 Å². The second kappa shape index (κ2) is 51.4. The monoisotopic (exact) mass is 1000 g/mol. The van der Waals surface area contributed by atoms with Crippen LogP contribution in [0.15, 0.2) is 72.9 Å². The number of hydrogen-bond acceptors (Lipinski definition) is 7. The first-order valence-electron chi connectivity index (χ1n) is 28.7. The van der Waals surface area contributed by atoms with E-state index in [2.05, 4.69) is 86.8 Å². The Morgan fingerprint density at radius 3 is 1.23 bits per heavy atom. The summed E-state index contributed by atoms with van der Waals surface area (Å²) in [6.45, 7) is 4.32. The third kappa shape index (κ3) is 54.8. The van der Waals surface area contributed by atoms with E-state index in [-0.39, 0.29) is 32.0 Å². The minimum Gasteiger partial charge on any atom is -0.462 e. The second-order valence-corrected chi connectivity index (χ2v) is 21.7. The van der Waals surface area contributed by atoms with Crippen LogP contribution < -0.4 is 0 Å². The number of allylic oxidation sites excluding steroid dienone is 12. The molecule has 0 aromatic heterocycles. The van der Waals surface area contributed by atoms with E-state index in [1.165, 1.54) is 135 Å². The smallest absolute Gasteiger partial charge is 0.462 e. The number of ether oxygens (including phenoxy) is 2. The molecule has 0 heterocycles. The summed E-state index contributed by atoms with van der Waals surface area (Å²) in [7, 11) is 1.46. The van der Waals surface area contributed by atoms with Gasteiger partial charge in [-0.15, -0.1) is 0 Å². The summed E-state index contributed by atoms with van der Waals surface area (Å²) in [6.07, 6.45) is 66.8. The van der Waals surface area contributed by atoms with Gasteiger partial charge in [0.2, 0.25) is 0 Å². The maximum absolute atomic E-state index is 12.8. The number of phosphoric ester groups is 1. The highest BCUT2D eigenvalue weighted by atomic mass is 31.2. The van der Waals surface area contributed by atoms with E-state index in [1.54, 1.807) is 0 Å². The van der Waals surface area contributed by atoms with Crippen LogP contribution in [0.4, 0.5) is 0 Å². The largest absolute Gasteiger partial charge is 0.472 e. The fourth-order valence-electron chi connectivity index (χ4n) is 7.80. The predicted molar refractivity (Wildman–Crippen MR) is 298 cm³/mol. The molecule has 0 aliphatic rings. The van der Waals surface area contributed by atoms with Gasteiger partial charge in [0, 0.05) is 12.8 Å². The molecule has 0 spiro atoms. The van der Waals surface area contributed by atoms with Crippen molar-refractivity contribution in [3.05, 3.63) is 72.9 Å². The Morgan fingerprint density at radius 2 is 0.814 bits per heavy atom. The van der Waals surface area contributed by atoms with Crippen LogP contribution in [-0.4, -0.2) is 74.9 Å². The van der Waals surface area contributed by atoms with Crippen LogP contribution in [0.5, 0.6) is 0 Å². The molecule has 9 nitrogen and oxygen atoms in total. The van der Waals surface area contributed by atoms with E-state index < -0.39 is 26.5 Å². The Morgan fingerprint density at radius 1 is 0.457 bits per heavy atom. The lowest BCUT2D eigenvalue weighted by molar-refractivity contribution is -0.870. The molecule has 1 N–H and O–H groups in total. The number of hydrogen-bond donors (Lipinski definition) is 1. The van der Waals surface area contributed by atoms with Crippen LogP contribution in [0.25, 0.3) is 0 Å². The van der Waals surface area contributed by atoms with Gasteiger partial charge in [-0.05, 0) is 83.5 Å². The molecule has 70 heavy (non-hydrogen) atoms. The van der Waals surface area contributed by atoms with Crippen LogP contribution in [-0.2, 0) is 32.7 Å². The van der Waals surface area contributed by atoms with Gasteiger partial charge in [-0.1, -0.05) is 222 Å². The van der Waals surface area contributed by atoms with E-state index >= 15 is 0 Å². The van der Waals surface area contributed by atoms with Crippen molar-refractivity contribution in [3.63, 3.8) is 0 Å². The van der Waals surface area contributed by atoms with Gasteiger partial charge in [-0.2, -0.15) is 0 Å². The fraction of sp³-hybridized carbons (Fsp3) is 0.767. The number of phosphoric acid groups is 1. The highest BCUT2D eigenvalue weighted by Gasteiger charge is 2.27. The van der Waals surface area contributed by atoms with Crippen molar-refractivity contribution in [1.29, 1.82) is 0 Å². The van der Waals surface area contributed by atoms with Crippen molar-refractivity contribution >= 4 is 19.8 Å². The molecular weight excluding hydrogens is 894 g/mol. The first kappa shape index (κ1) is 67.5. The topological polar surface area (TPSA) is 108 Å². The van der Waals surface area contributed by atoms with Crippen molar-refractivity contribution < 1.29 is 42.1 Å². The molecule has 0 aromatic carbocycles. The predicted octanol–water partition coefficient (Wildman–Crippen LogP) is 17.7. The molecule has 0 saturated heterocycles. The summed E-state index contributed by atoms with van der Waals surface area (Å²) in [5.74, 6) is -0.808. The van der Waals surface area contributed by atoms with E-state index in [1.807, 2.05) is 21.1 Å². The molecule has 406 valence electrons. The van der Waals surface area contributed by atoms with Gasteiger partial charge in [0.1, 0.15) is 19.8 Å². The van der Waals surface area contributed by atoms with Crippen molar-refractivity contribution in [1.82, 2.24) is 0 Å². The Bertz CT molecular complexity index is 1410. The lowest BCUT2D eigenvalue weighted by atomic mass is 10.0. The van der Waals surface area contributed by atoms with Crippen molar-refractivity contribution in [3.8, 4) is 0 Å². The molecular formula is C60H109NO8P+. The summed E-state index contributed by atoms with van der Waals surface area (Å²) in [5, 5.41) is 0. The normalized spacial score (nSPS) is 13.9. The summed E-state index contributed by atoms with van der Waals surface area (Å²) < 4.78 is 34.6. The van der Waals surface area contributed by atoms with Crippen LogP contribution in [0, 0.1) is 0 Å². The van der Waals surface area contributed by atoms with Gasteiger partial charge in [0.05, 0.1) is 27.7 Å². The first-order chi connectivity index (χ1) is 34.0. The van der Waals surface area contributed by atoms with Crippen molar-refractivity contribution in [2.24, 2.45) is 0 Å². The van der Waals surface area contributed by atoms with Crippen LogP contribution >= 0.6 is 7.82 Å². The first-order valence-corrected chi connectivity index (χ1v) is 30.2. The number of carbonyl (C=O) groups excluding carboxylic acids is 2. The standard InChI is InChI=1S/C60H108NO8P/c1-6-8-10-12-14-16-18-20-22-24-26-28-30-32-34-36-38-40-42-44-46-48-50-52-59(62)66-56-58(57-68-70(64,65)67-55-54-61(3,4)5)69-60(63)53-51-49-47-45-43-41-39-37-35-33-31-29-27-25-23-21-19-17-15-13-11-9-7-2/h9,11,15,17,21,23-24,26-27,29,33,35,58H,6-8,10,12-14,16,18-20,22,25,28,30-32,34,36-57H2,1-5H3/p+1/b11-9-,17-15-,23-21-,26-24-,29-27-,35-33-. The molecule has 0 fully saturated rings. The summed E-state index contributed by atoms with van der Waals surface area (Å²) in [5.41, 5.74) is 0. The molecule has 2 unspecified atom stereocenters. The van der Waals surface area contributed by atoms with Gasteiger partial charge in [0.25, 0.3) is 0 Å². The van der Waals surface area contributed by atoms with Gasteiger partial charge in [0.15, 0.2) is 6.10 Å². The quantitative estimate of drug-likeness (QED) is 0.0211. The average molecular weight is 1000 g/mol. The van der Waals surface area contributed by atoms with Crippen LogP contribution in [0.2, 0.25) is 0 Å². The number of rotatable bonds is 52.